The maximum Gasteiger partial charge on any atom is 0.336 e. The standard InChI is InChI=1S/C16H10N2O2/c19-16(20)10-3-1-5-14-12(10)9-15-11-6-7-17-13(11)4-2-8-18(14)15/h1-9H,(H,19,20). The van der Waals surface area contributed by atoms with E-state index in [1.165, 1.54) is 0 Å². The van der Waals surface area contributed by atoms with E-state index in [2.05, 4.69) is 4.98 Å². The lowest BCUT2D eigenvalue weighted by molar-refractivity contribution is 0.0699. The smallest absolute Gasteiger partial charge is 0.336 e. The predicted octanol–water partition coefficient (Wildman–Crippen LogP) is 3.29. The van der Waals surface area contributed by atoms with Crippen molar-refractivity contribution in [1.29, 1.82) is 0 Å². The van der Waals surface area contributed by atoms with Gasteiger partial charge >= 0.3 is 5.97 Å². The van der Waals surface area contributed by atoms with Crippen LogP contribution in [0.2, 0.25) is 0 Å². The summed E-state index contributed by atoms with van der Waals surface area (Å²) in [6.07, 6.45) is 3.70. The van der Waals surface area contributed by atoms with Crippen molar-refractivity contribution in [3.63, 3.8) is 0 Å². The summed E-state index contributed by atoms with van der Waals surface area (Å²) in [5, 5.41) is 10.1. The number of fused-ring (bicyclic) bond motifs is 5. The van der Waals surface area contributed by atoms with Gasteiger partial charge in [-0.1, -0.05) is 6.07 Å². The number of carboxylic acids is 1. The van der Waals surface area contributed by atoms with E-state index in [-0.39, 0.29) is 0 Å². The minimum atomic E-state index is -0.909. The van der Waals surface area contributed by atoms with Crippen LogP contribution in [0.5, 0.6) is 0 Å². The van der Waals surface area contributed by atoms with Crippen LogP contribution in [-0.2, 0) is 0 Å². The number of hydrogen-bond donors (Lipinski definition) is 1. The first-order chi connectivity index (χ1) is 9.75. The van der Waals surface area contributed by atoms with Crippen LogP contribution in [0.25, 0.3) is 27.7 Å². The number of rotatable bonds is 1. The normalized spacial score (nSPS) is 11.4. The highest BCUT2D eigenvalue weighted by atomic mass is 16.4. The Kier molecular flexibility index (Phi) is 2.09. The van der Waals surface area contributed by atoms with Crippen LogP contribution in [-0.4, -0.2) is 20.5 Å². The maximum absolute atomic E-state index is 11.3. The summed E-state index contributed by atoms with van der Waals surface area (Å²) in [5.74, 6) is -0.909. The number of nitrogens with zero attached hydrogens (tertiary/aromatic N) is 2. The molecule has 0 saturated heterocycles. The van der Waals surface area contributed by atoms with E-state index >= 15 is 0 Å². The highest BCUT2D eigenvalue weighted by Crippen LogP contribution is 2.30. The van der Waals surface area contributed by atoms with Crippen molar-refractivity contribution in [3.8, 4) is 11.3 Å². The first kappa shape index (κ1) is 11.0. The zero-order valence-electron chi connectivity index (χ0n) is 10.4. The molecule has 0 saturated carbocycles. The predicted molar refractivity (Wildman–Crippen MR) is 76.3 cm³/mol. The van der Waals surface area contributed by atoms with E-state index in [0.717, 1.165) is 27.7 Å². The van der Waals surface area contributed by atoms with Crippen molar-refractivity contribution in [2.75, 3.05) is 0 Å². The molecule has 0 atom stereocenters. The SMILES string of the molecule is O=C(O)c1cccc2c1cc1c3ccnc-3cccn12. The third-order valence-electron chi connectivity index (χ3n) is 3.61. The van der Waals surface area contributed by atoms with Gasteiger partial charge in [-0.3, -0.25) is 4.98 Å². The molecule has 0 amide bonds. The fraction of sp³-hybridized carbons (Fsp3) is 0. The summed E-state index contributed by atoms with van der Waals surface area (Å²) >= 11 is 0. The Labute approximate surface area is 114 Å². The molecule has 4 nitrogen and oxygen atoms in total. The molecule has 0 aliphatic carbocycles. The average molecular weight is 262 g/mol. The average Bonchev–Trinajstić information content (AvgIpc) is 3.00. The number of carbonyl (C=O) groups is 1. The van der Waals surface area contributed by atoms with Gasteiger partial charge in [0.2, 0.25) is 0 Å². The molecule has 0 unspecified atom stereocenters. The molecule has 0 radical (unpaired) electrons. The van der Waals surface area contributed by atoms with Gasteiger partial charge in [0, 0.05) is 23.3 Å². The zero-order valence-corrected chi connectivity index (χ0v) is 10.4. The molecule has 96 valence electrons. The third kappa shape index (κ3) is 1.36. The first-order valence-corrected chi connectivity index (χ1v) is 6.26. The third-order valence-corrected chi connectivity index (χ3v) is 3.61. The van der Waals surface area contributed by atoms with E-state index in [1.807, 2.05) is 40.9 Å². The topological polar surface area (TPSA) is 54.6 Å². The molecule has 3 heterocycles. The monoisotopic (exact) mass is 262 g/mol. The Morgan fingerprint density at radius 1 is 1.10 bits per heavy atom. The molecule has 0 spiro atoms. The fourth-order valence-corrected chi connectivity index (χ4v) is 2.72. The van der Waals surface area contributed by atoms with Crippen molar-refractivity contribution < 1.29 is 9.90 Å². The first-order valence-electron chi connectivity index (χ1n) is 6.26. The van der Waals surface area contributed by atoms with Gasteiger partial charge in [-0.05, 0) is 36.4 Å². The van der Waals surface area contributed by atoms with Crippen LogP contribution in [0.15, 0.2) is 54.9 Å². The maximum atomic E-state index is 11.3. The van der Waals surface area contributed by atoms with Gasteiger partial charge in [-0.25, -0.2) is 4.79 Å². The molecule has 2 aliphatic heterocycles. The van der Waals surface area contributed by atoms with Gasteiger partial charge in [0.05, 0.1) is 22.3 Å². The zero-order chi connectivity index (χ0) is 13.7. The second-order valence-electron chi connectivity index (χ2n) is 4.70. The van der Waals surface area contributed by atoms with Gasteiger partial charge in [0.15, 0.2) is 0 Å². The molecular weight excluding hydrogens is 252 g/mol. The van der Waals surface area contributed by atoms with Crippen LogP contribution < -0.4 is 0 Å². The minimum absolute atomic E-state index is 0.321. The number of carboxylic acid groups (broad SMARTS) is 1. The molecule has 1 aromatic heterocycles. The molecule has 1 aromatic carbocycles. The number of aromatic carboxylic acids is 1. The van der Waals surface area contributed by atoms with Gasteiger partial charge in [-0.2, -0.15) is 0 Å². The number of benzene rings is 1. The Morgan fingerprint density at radius 3 is 2.85 bits per heavy atom. The van der Waals surface area contributed by atoms with Gasteiger partial charge < -0.3 is 9.51 Å². The lowest BCUT2D eigenvalue weighted by Crippen LogP contribution is -1.96. The van der Waals surface area contributed by atoms with Gasteiger partial charge in [0.1, 0.15) is 0 Å². The van der Waals surface area contributed by atoms with Crippen molar-refractivity contribution in [1.82, 2.24) is 9.38 Å². The fourth-order valence-electron chi connectivity index (χ4n) is 2.72. The summed E-state index contributed by atoms with van der Waals surface area (Å²) in [6.45, 7) is 0. The second kappa shape index (κ2) is 3.81. The Hall–Kier alpha value is -2.88. The number of aromatic nitrogens is 2. The van der Waals surface area contributed by atoms with Crippen LogP contribution in [0.1, 0.15) is 10.4 Å². The van der Waals surface area contributed by atoms with Crippen LogP contribution in [0.3, 0.4) is 0 Å². The van der Waals surface area contributed by atoms with Crippen LogP contribution >= 0.6 is 0 Å². The van der Waals surface area contributed by atoms with Gasteiger partial charge in [0.25, 0.3) is 0 Å². The molecular formula is C16H10N2O2. The van der Waals surface area contributed by atoms with Crippen LogP contribution in [0, 0.1) is 0 Å². The Bertz CT molecular complexity index is 940. The summed E-state index contributed by atoms with van der Waals surface area (Å²) in [6, 6.07) is 13.1. The van der Waals surface area contributed by atoms with Crippen molar-refractivity contribution in [2.24, 2.45) is 0 Å². The van der Waals surface area contributed by atoms with E-state index < -0.39 is 5.97 Å². The van der Waals surface area contributed by atoms with Crippen LogP contribution in [0.4, 0.5) is 0 Å². The Balaban J connectivity index is 2.25. The largest absolute Gasteiger partial charge is 0.478 e. The molecule has 20 heavy (non-hydrogen) atoms. The molecule has 0 fully saturated rings. The molecule has 1 N–H and O–H groups in total. The van der Waals surface area contributed by atoms with Gasteiger partial charge in [-0.15, -0.1) is 0 Å². The molecule has 4 heteroatoms. The van der Waals surface area contributed by atoms with Crippen molar-refractivity contribution in [3.05, 3.63) is 60.4 Å². The summed E-state index contributed by atoms with van der Waals surface area (Å²) < 4.78 is 2.01. The van der Waals surface area contributed by atoms with E-state index in [9.17, 15) is 9.90 Å². The molecule has 4 rings (SSSR count). The summed E-state index contributed by atoms with van der Waals surface area (Å²) in [4.78, 5) is 15.7. The quantitative estimate of drug-likeness (QED) is 0.572. The van der Waals surface area contributed by atoms with E-state index in [1.54, 1.807) is 18.3 Å². The summed E-state index contributed by atoms with van der Waals surface area (Å²) in [5.41, 5.74) is 4.09. The van der Waals surface area contributed by atoms with Crippen molar-refractivity contribution >= 4 is 22.4 Å². The van der Waals surface area contributed by atoms with E-state index in [0.29, 0.717) is 5.56 Å². The number of hydrogen-bond acceptors (Lipinski definition) is 2. The molecule has 0 bridgehead atoms. The minimum Gasteiger partial charge on any atom is -0.478 e. The molecule has 2 aliphatic rings. The highest BCUT2D eigenvalue weighted by molar-refractivity contribution is 6.06. The van der Waals surface area contributed by atoms with E-state index in [4.69, 9.17) is 0 Å². The lowest BCUT2D eigenvalue weighted by Gasteiger charge is -1.97. The second-order valence-corrected chi connectivity index (χ2v) is 4.70. The summed E-state index contributed by atoms with van der Waals surface area (Å²) in [7, 11) is 0. The van der Waals surface area contributed by atoms with Crippen molar-refractivity contribution in [2.45, 2.75) is 0 Å². The molecule has 2 aromatic rings. The highest BCUT2D eigenvalue weighted by Gasteiger charge is 2.14. The lowest BCUT2D eigenvalue weighted by atomic mass is 10.1. The Morgan fingerprint density at radius 2 is 2.00 bits per heavy atom.